The molecule has 2 aromatic carbocycles. The van der Waals surface area contributed by atoms with Crippen LogP contribution in [0.5, 0.6) is 5.75 Å². The highest BCUT2D eigenvalue weighted by molar-refractivity contribution is 5.96. The summed E-state index contributed by atoms with van der Waals surface area (Å²) in [7, 11) is 3.40. The van der Waals surface area contributed by atoms with Gasteiger partial charge in [0.1, 0.15) is 5.52 Å². The number of anilines is 1. The van der Waals surface area contributed by atoms with Crippen molar-refractivity contribution in [2.45, 2.75) is 18.8 Å². The molecular formula is C22H23N3O4. The number of benzene rings is 2. The minimum Gasteiger partial charge on any atom is -0.494 e. The van der Waals surface area contributed by atoms with Gasteiger partial charge in [-0.2, -0.15) is 0 Å². The Morgan fingerprint density at radius 2 is 1.97 bits per heavy atom. The van der Waals surface area contributed by atoms with Crippen molar-refractivity contribution in [3.05, 3.63) is 47.7 Å². The van der Waals surface area contributed by atoms with Gasteiger partial charge >= 0.3 is 5.97 Å². The minimum atomic E-state index is -0.948. The number of rotatable bonds is 5. The standard InChI is InChI=1S/C22H23N3O4/c1-23-22-24-12-18-16(14-7-9-29-10-8-14)11-17(20(28-2)19(18)25-22)13-3-5-15(6-4-13)21(26)27/h3-6,11-12,14H,7-10H2,1-2H3,(H,26,27)(H,23,24,25). The summed E-state index contributed by atoms with van der Waals surface area (Å²) in [5.74, 6) is 0.569. The molecule has 3 aromatic rings. The van der Waals surface area contributed by atoms with Crippen LogP contribution in [0.25, 0.3) is 22.0 Å². The van der Waals surface area contributed by atoms with Gasteiger partial charge in [0.25, 0.3) is 0 Å². The number of hydrogen-bond donors (Lipinski definition) is 2. The third-order valence-corrected chi connectivity index (χ3v) is 5.39. The molecule has 1 aromatic heterocycles. The highest BCUT2D eigenvalue weighted by atomic mass is 16.5. The summed E-state index contributed by atoms with van der Waals surface area (Å²) < 4.78 is 11.3. The number of nitrogens with one attached hydrogen (secondary N) is 1. The number of carboxylic acids is 1. The van der Waals surface area contributed by atoms with E-state index in [-0.39, 0.29) is 5.56 Å². The quantitative estimate of drug-likeness (QED) is 0.678. The summed E-state index contributed by atoms with van der Waals surface area (Å²) in [6.45, 7) is 1.46. The maximum absolute atomic E-state index is 11.2. The second kappa shape index (κ2) is 8.05. The summed E-state index contributed by atoms with van der Waals surface area (Å²) in [6.07, 6.45) is 3.72. The van der Waals surface area contributed by atoms with Crippen LogP contribution in [0.4, 0.5) is 5.95 Å². The van der Waals surface area contributed by atoms with Gasteiger partial charge in [0.15, 0.2) is 5.75 Å². The van der Waals surface area contributed by atoms with Crippen LogP contribution in [0.2, 0.25) is 0 Å². The molecule has 0 unspecified atom stereocenters. The Kier molecular flexibility index (Phi) is 5.31. The average Bonchev–Trinajstić information content (AvgIpc) is 2.78. The van der Waals surface area contributed by atoms with Gasteiger partial charge in [0.2, 0.25) is 5.95 Å². The van der Waals surface area contributed by atoms with E-state index in [1.165, 1.54) is 5.56 Å². The van der Waals surface area contributed by atoms with E-state index in [2.05, 4.69) is 21.4 Å². The van der Waals surface area contributed by atoms with E-state index in [0.717, 1.165) is 48.1 Å². The van der Waals surface area contributed by atoms with Crippen LogP contribution >= 0.6 is 0 Å². The van der Waals surface area contributed by atoms with Crippen molar-refractivity contribution in [1.82, 2.24) is 9.97 Å². The first-order valence-electron chi connectivity index (χ1n) is 9.59. The summed E-state index contributed by atoms with van der Waals surface area (Å²) in [5, 5.41) is 13.2. The van der Waals surface area contributed by atoms with Crippen LogP contribution in [0.15, 0.2) is 36.5 Å². The maximum atomic E-state index is 11.2. The lowest BCUT2D eigenvalue weighted by molar-refractivity contribution is 0.0697. The zero-order valence-electron chi connectivity index (χ0n) is 16.4. The normalized spacial score (nSPS) is 14.7. The molecule has 150 valence electrons. The molecule has 0 radical (unpaired) electrons. The third kappa shape index (κ3) is 3.61. The number of aromatic nitrogens is 2. The first kappa shape index (κ1) is 19.1. The van der Waals surface area contributed by atoms with Crippen molar-refractivity contribution >= 4 is 22.8 Å². The monoisotopic (exact) mass is 393 g/mol. The molecule has 0 saturated carbocycles. The zero-order chi connectivity index (χ0) is 20.4. The largest absolute Gasteiger partial charge is 0.494 e. The molecule has 0 bridgehead atoms. The average molecular weight is 393 g/mol. The maximum Gasteiger partial charge on any atom is 0.335 e. The Morgan fingerprint density at radius 3 is 2.59 bits per heavy atom. The van der Waals surface area contributed by atoms with Gasteiger partial charge in [-0.1, -0.05) is 12.1 Å². The van der Waals surface area contributed by atoms with Gasteiger partial charge in [-0.15, -0.1) is 0 Å². The smallest absolute Gasteiger partial charge is 0.335 e. The molecule has 0 amide bonds. The highest BCUT2D eigenvalue weighted by Gasteiger charge is 2.23. The van der Waals surface area contributed by atoms with Crippen LogP contribution in [0.3, 0.4) is 0 Å². The van der Waals surface area contributed by atoms with Crippen molar-refractivity contribution in [3.63, 3.8) is 0 Å². The molecule has 7 nitrogen and oxygen atoms in total. The van der Waals surface area contributed by atoms with Crippen LogP contribution in [0.1, 0.15) is 34.7 Å². The van der Waals surface area contributed by atoms with E-state index in [0.29, 0.717) is 17.6 Å². The lowest BCUT2D eigenvalue weighted by atomic mass is 9.86. The fourth-order valence-electron chi connectivity index (χ4n) is 3.87. The number of fused-ring (bicyclic) bond motifs is 1. The van der Waals surface area contributed by atoms with E-state index in [9.17, 15) is 9.90 Å². The Balaban J connectivity index is 1.95. The van der Waals surface area contributed by atoms with Gasteiger partial charge < -0.3 is 19.9 Å². The predicted octanol–water partition coefficient (Wildman–Crippen LogP) is 3.94. The minimum absolute atomic E-state index is 0.248. The van der Waals surface area contributed by atoms with Crippen molar-refractivity contribution in [2.24, 2.45) is 0 Å². The predicted molar refractivity (Wildman–Crippen MR) is 111 cm³/mol. The molecule has 4 rings (SSSR count). The molecule has 2 N–H and O–H groups in total. The first-order valence-corrected chi connectivity index (χ1v) is 9.59. The fraction of sp³-hybridized carbons (Fsp3) is 0.318. The summed E-state index contributed by atoms with van der Waals surface area (Å²) in [6, 6.07) is 8.96. The van der Waals surface area contributed by atoms with Gasteiger partial charge in [0.05, 0.1) is 12.7 Å². The Hall–Kier alpha value is -3.19. The van der Waals surface area contributed by atoms with Crippen molar-refractivity contribution in [3.8, 4) is 16.9 Å². The Labute approximate surface area is 168 Å². The number of carboxylic acid groups (broad SMARTS) is 1. The summed E-state index contributed by atoms with van der Waals surface area (Å²) >= 11 is 0. The van der Waals surface area contributed by atoms with Crippen LogP contribution in [-0.2, 0) is 4.74 Å². The van der Waals surface area contributed by atoms with E-state index in [4.69, 9.17) is 9.47 Å². The number of hydrogen-bond acceptors (Lipinski definition) is 6. The first-order chi connectivity index (χ1) is 14.1. The van der Waals surface area contributed by atoms with Gasteiger partial charge in [-0.05, 0) is 48.1 Å². The van der Waals surface area contributed by atoms with Crippen molar-refractivity contribution in [1.29, 1.82) is 0 Å². The molecule has 1 fully saturated rings. The molecule has 1 saturated heterocycles. The molecule has 7 heteroatoms. The SMILES string of the molecule is CNc1ncc2c(C3CCOCC3)cc(-c3ccc(C(=O)O)cc3)c(OC)c2n1. The second-order valence-corrected chi connectivity index (χ2v) is 7.02. The molecule has 1 aliphatic rings. The van der Waals surface area contributed by atoms with E-state index in [1.54, 1.807) is 38.4 Å². The van der Waals surface area contributed by atoms with E-state index < -0.39 is 5.97 Å². The van der Waals surface area contributed by atoms with Crippen LogP contribution in [-0.4, -0.2) is 48.4 Å². The van der Waals surface area contributed by atoms with Crippen molar-refractivity contribution in [2.75, 3.05) is 32.7 Å². The summed E-state index contributed by atoms with van der Waals surface area (Å²) in [4.78, 5) is 20.3. The van der Waals surface area contributed by atoms with Crippen LogP contribution < -0.4 is 10.1 Å². The molecule has 2 heterocycles. The van der Waals surface area contributed by atoms with E-state index >= 15 is 0 Å². The lowest BCUT2D eigenvalue weighted by Crippen LogP contribution is -2.15. The van der Waals surface area contributed by atoms with Gasteiger partial charge in [-0.3, -0.25) is 0 Å². The number of ether oxygens (including phenoxy) is 2. The second-order valence-electron chi connectivity index (χ2n) is 7.02. The third-order valence-electron chi connectivity index (χ3n) is 5.39. The Morgan fingerprint density at radius 1 is 1.24 bits per heavy atom. The van der Waals surface area contributed by atoms with Gasteiger partial charge in [0, 0.05) is 37.4 Å². The molecular weight excluding hydrogens is 370 g/mol. The lowest BCUT2D eigenvalue weighted by Gasteiger charge is -2.25. The van der Waals surface area contributed by atoms with Crippen LogP contribution in [0, 0.1) is 0 Å². The fourth-order valence-corrected chi connectivity index (χ4v) is 3.87. The molecule has 0 atom stereocenters. The number of nitrogens with zero attached hydrogens (tertiary/aromatic N) is 2. The number of carbonyl (C=O) groups is 1. The Bertz CT molecular complexity index is 1040. The highest BCUT2D eigenvalue weighted by Crippen LogP contribution is 2.42. The van der Waals surface area contributed by atoms with Gasteiger partial charge in [-0.25, -0.2) is 14.8 Å². The molecule has 0 aliphatic carbocycles. The molecule has 0 spiro atoms. The van der Waals surface area contributed by atoms with Crippen molar-refractivity contribution < 1.29 is 19.4 Å². The summed E-state index contributed by atoms with van der Waals surface area (Å²) in [5.41, 5.74) is 3.93. The zero-order valence-corrected chi connectivity index (χ0v) is 16.4. The number of methoxy groups -OCH3 is 1. The molecule has 29 heavy (non-hydrogen) atoms. The molecule has 1 aliphatic heterocycles. The number of aromatic carboxylic acids is 1. The van der Waals surface area contributed by atoms with E-state index in [1.807, 2.05) is 6.20 Å². The topological polar surface area (TPSA) is 93.6 Å².